The summed E-state index contributed by atoms with van der Waals surface area (Å²) in [6.45, 7) is 4.85. The summed E-state index contributed by atoms with van der Waals surface area (Å²) in [6.07, 6.45) is 3.15. The van der Waals surface area contributed by atoms with Crippen molar-refractivity contribution in [3.63, 3.8) is 0 Å². The first-order chi connectivity index (χ1) is 10.1. The van der Waals surface area contributed by atoms with Gasteiger partial charge in [-0.15, -0.1) is 0 Å². The quantitative estimate of drug-likeness (QED) is 0.910. The van der Waals surface area contributed by atoms with Crippen LogP contribution in [0.15, 0.2) is 18.2 Å². The van der Waals surface area contributed by atoms with Gasteiger partial charge in [-0.05, 0) is 32.8 Å². The number of aliphatic hydroxyl groups excluding tert-OH is 1. The molecule has 1 aromatic carbocycles. The Morgan fingerprint density at radius 2 is 1.95 bits per heavy atom. The van der Waals surface area contributed by atoms with Gasteiger partial charge in [0.15, 0.2) is 11.5 Å². The molecule has 4 atom stereocenters. The third-order valence-electron chi connectivity index (χ3n) is 4.89. The molecule has 0 aliphatic carbocycles. The fraction of sp³-hybridized carbons (Fsp3) is 0.647. The average Bonchev–Trinajstić information content (AvgIpc) is 2.48. The van der Waals surface area contributed by atoms with E-state index in [1.165, 1.54) is 19.3 Å². The van der Waals surface area contributed by atoms with Crippen LogP contribution < -0.4 is 9.47 Å². The molecule has 0 spiro atoms. The van der Waals surface area contributed by atoms with Crippen LogP contribution in [0.25, 0.3) is 0 Å². The van der Waals surface area contributed by atoms with Crippen molar-refractivity contribution in [3.05, 3.63) is 23.8 Å². The number of fused-ring (bicyclic) bond motifs is 1. The van der Waals surface area contributed by atoms with Gasteiger partial charge in [-0.1, -0.05) is 18.6 Å². The number of aliphatic hydroxyl groups is 1. The third kappa shape index (κ3) is 2.51. The highest BCUT2D eigenvalue weighted by molar-refractivity contribution is 5.49. The van der Waals surface area contributed by atoms with E-state index in [4.69, 9.17) is 9.47 Å². The van der Waals surface area contributed by atoms with Crippen molar-refractivity contribution in [1.82, 2.24) is 4.90 Å². The van der Waals surface area contributed by atoms with Crippen molar-refractivity contribution >= 4 is 0 Å². The lowest BCUT2D eigenvalue weighted by Gasteiger charge is -2.47. The van der Waals surface area contributed by atoms with E-state index in [0.29, 0.717) is 18.7 Å². The van der Waals surface area contributed by atoms with Gasteiger partial charge >= 0.3 is 0 Å². The number of likely N-dealkylation sites (tertiary alicyclic amines) is 1. The van der Waals surface area contributed by atoms with Gasteiger partial charge in [0.25, 0.3) is 0 Å². The van der Waals surface area contributed by atoms with Crippen LogP contribution in [-0.2, 0) is 0 Å². The third-order valence-corrected chi connectivity index (χ3v) is 4.89. The highest BCUT2D eigenvalue weighted by atomic mass is 16.5. The SMILES string of the molecule is COc1cccc2c1OCC(O)C2N1C(C)CCCC1C. The van der Waals surface area contributed by atoms with E-state index >= 15 is 0 Å². The fourth-order valence-corrected chi connectivity index (χ4v) is 3.90. The van der Waals surface area contributed by atoms with Gasteiger partial charge in [0.1, 0.15) is 12.7 Å². The van der Waals surface area contributed by atoms with Crippen LogP contribution in [0.3, 0.4) is 0 Å². The molecule has 0 amide bonds. The molecule has 2 aliphatic rings. The number of hydrogen-bond acceptors (Lipinski definition) is 4. The Morgan fingerprint density at radius 3 is 2.62 bits per heavy atom. The summed E-state index contributed by atoms with van der Waals surface area (Å²) >= 11 is 0. The fourth-order valence-electron chi connectivity index (χ4n) is 3.90. The standard InChI is InChI=1S/C17H25NO3/c1-11-6-4-7-12(2)18(11)16-13-8-5-9-15(20-3)17(13)21-10-14(16)19/h5,8-9,11-12,14,16,19H,4,6-7,10H2,1-3H3. The van der Waals surface area contributed by atoms with Crippen LogP contribution >= 0.6 is 0 Å². The lowest BCUT2D eigenvalue weighted by molar-refractivity contribution is -0.0461. The number of methoxy groups -OCH3 is 1. The molecule has 4 heteroatoms. The molecular weight excluding hydrogens is 266 g/mol. The van der Waals surface area contributed by atoms with Gasteiger partial charge in [0.05, 0.1) is 13.2 Å². The number of para-hydroxylation sites is 1. The molecule has 116 valence electrons. The smallest absolute Gasteiger partial charge is 0.166 e. The molecule has 1 aromatic rings. The number of piperidine rings is 1. The Bertz CT molecular complexity index is 495. The summed E-state index contributed by atoms with van der Waals surface area (Å²) in [5, 5.41) is 10.6. The van der Waals surface area contributed by atoms with Crippen LogP contribution in [0.4, 0.5) is 0 Å². The Labute approximate surface area is 126 Å². The summed E-state index contributed by atoms with van der Waals surface area (Å²) in [7, 11) is 1.66. The van der Waals surface area contributed by atoms with Gasteiger partial charge in [0.2, 0.25) is 0 Å². The molecule has 1 fully saturated rings. The number of hydrogen-bond donors (Lipinski definition) is 1. The lowest BCUT2D eigenvalue weighted by Crippen LogP contribution is -2.51. The largest absolute Gasteiger partial charge is 0.493 e. The zero-order chi connectivity index (χ0) is 15.0. The summed E-state index contributed by atoms with van der Waals surface area (Å²) in [5.41, 5.74) is 1.05. The number of nitrogens with zero attached hydrogens (tertiary/aromatic N) is 1. The maximum atomic E-state index is 10.6. The Morgan fingerprint density at radius 1 is 1.24 bits per heavy atom. The molecule has 2 heterocycles. The van der Waals surface area contributed by atoms with Gasteiger partial charge in [-0.2, -0.15) is 0 Å². The van der Waals surface area contributed by atoms with E-state index in [-0.39, 0.29) is 6.04 Å². The lowest BCUT2D eigenvalue weighted by atomic mass is 9.89. The molecule has 21 heavy (non-hydrogen) atoms. The molecule has 0 aromatic heterocycles. The van der Waals surface area contributed by atoms with Gasteiger partial charge in [0, 0.05) is 17.6 Å². The Hall–Kier alpha value is -1.26. The minimum absolute atomic E-state index is 0.00542. The van der Waals surface area contributed by atoms with E-state index < -0.39 is 6.10 Å². The van der Waals surface area contributed by atoms with Crippen molar-refractivity contribution in [2.75, 3.05) is 13.7 Å². The first-order valence-electron chi connectivity index (χ1n) is 7.88. The van der Waals surface area contributed by atoms with Crippen molar-refractivity contribution in [1.29, 1.82) is 0 Å². The second kappa shape index (κ2) is 5.85. The monoisotopic (exact) mass is 291 g/mol. The maximum Gasteiger partial charge on any atom is 0.166 e. The van der Waals surface area contributed by atoms with Crippen molar-refractivity contribution in [3.8, 4) is 11.5 Å². The molecule has 0 bridgehead atoms. The molecular formula is C17H25NO3. The molecule has 4 nitrogen and oxygen atoms in total. The van der Waals surface area contributed by atoms with Crippen molar-refractivity contribution < 1.29 is 14.6 Å². The predicted octanol–water partition coefficient (Wildman–Crippen LogP) is 2.75. The topological polar surface area (TPSA) is 41.9 Å². The molecule has 1 saturated heterocycles. The molecule has 3 rings (SSSR count). The normalized spacial score (nSPS) is 33.1. The minimum atomic E-state index is -0.493. The molecule has 1 N–H and O–H groups in total. The van der Waals surface area contributed by atoms with Crippen LogP contribution in [0.1, 0.15) is 44.7 Å². The zero-order valence-electron chi connectivity index (χ0n) is 13.1. The number of ether oxygens (including phenoxy) is 2. The Kier molecular flexibility index (Phi) is 4.09. The van der Waals surface area contributed by atoms with E-state index in [0.717, 1.165) is 17.1 Å². The zero-order valence-corrected chi connectivity index (χ0v) is 13.1. The van der Waals surface area contributed by atoms with Crippen molar-refractivity contribution in [2.24, 2.45) is 0 Å². The highest BCUT2D eigenvalue weighted by Crippen LogP contribution is 2.44. The molecule has 4 unspecified atom stereocenters. The van der Waals surface area contributed by atoms with Gasteiger partial charge in [-0.25, -0.2) is 0 Å². The minimum Gasteiger partial charge on any atom is -0.493 e. The summed E-state index contributed by atoms with van der Waals surface area (Å²) in [5.74, 6) is 1.54. The highest BCUT2D eigenvalue weighted by Gasteiger charge is 2.40. The van der Waals surface area contributed by atoms with Crippen LogP contribution in [0, 0.1) is 0 Å². The molecule has 0 saturated carbocycles. The second-order valence-electron chi connectivity index (χ2n) is 6.28. The molecule has 0 radical (unpaired) electrons. The predicted molar refractivity (Wildman–Crippen MR) is 81.9 cm³/mol. The summed E-state index contributed by atoms with van der Waals surface area (Å²) < 4.78 is 11.2. The van der Waals surface area contributed by atoms with Gasteiger partial charge < -0.3 is 14.6 Å². The first-order valence-corrected chi connectivity index (χ1v) is 7.88. The van der Waals surface area contributed by atoms with E-state index in [2.05, 4.69) is 24.8 Å². The second-order valence-corrected chi connectivity index (χ2v) is 6.28. The summed E-state index contributed by atoms with van der Waals surface area (Å²) in [4.78, 5) is 2.47. The number of benzene rings is 1. The molecule has 2 aliphatic heterocycles. The summed E-state index contributed by atoms with van der Waals surface area (Å²) in [6, 6.07) is 6.89. The first kappa shape index (κ1) is 14.7. The van der Waals surface area contributed by atoms with Crippen LogP contribution in [0.2, 0.25) is 0 Å². The van der Waals surface area contributed by atoms with Crippen molar-refractivity contribution in [2.45, 2.75) is 57.3 Å². The maximum absolute atomic E-state index is 10.6. The van der Waals surface area contributed by atoms with E-state index in [1.807, 2.05) is 12.1 Å². The van der Waals surface area contributed by atoms with Gasteiger partial charge in [-0.3, -0.25) is 4.90 Å². The number of rotatable bonds is 2. The van der Waals surface area contributed by atoms with E-state index in [1.54, 1.807) is 7.11 Å². The average molecular weight is 291 g/mol. The van der Waals surface area contributed by atoms with E-state index in [9.17, 15) is 5.11 Å². The van der Waals surface area contributed by atoms with Crippen LogP contribution in [-0.4, -0.2) is 41.9 Å². The Balaban J connectivity index is 2.02. The van der Waals surface area contributed by atoms with Crippen LogP contribution in [0.5, 0.6) is 11.5 Å².